The predicted octanol–water partition coefficient (Wildman–Crippen LogP) is 1.50. The summed E-state index contributed by atoms with van der Waals surface area (Å²) in [6, 6.07) is 5.82. The van der Waals surface area contributed by atoms with Crippen molar-refractivity contribution in [2.45, 2.75) is 25.9 Å². The van der Waals surface area contributed by atoms with Crippen LogP contribution in [-0.2, 0) is 6.42 Å². The summed E-state index contributed by atoms with van der Waals surface area (Å²) in [5, 5.41) is 13.5. The Morgan fingerprint density at radius 1 is 1.42 bits per heavy atom. The highest BCUT2D eigenvalue weighted by Gasteiger charge is 2.45. The second-order valence-corrected chi connectivity index (χ2v) is 5.97. The number of fused-ring (bicyclic) bond motifs is 1. The second-order valence-electron chi connectivity index (χ2n) is 5.97. The monoisotopic (exact) mass is 260 g/mol. The number of carbonyl (C=O) groups is 1. The van der Waals surface area contributed by atoms with Gasteiger partial charge >= 0.3 is 0 Å². The number of nitrogens with zero attached hydrogens (tertiary/aromatic N) is 1. The van der Waals surface area contributed by atoms with Gasteiger partial charge in [-0.3, -0.25) is 4.79 Å². The third kappa shape index (κ3) is 2.00. The highest BCUT2D eigenvalue weighted by atomic mass is 16.3. The van der Waals surface area contributed by atoms with Crippen molar-refractivity contribution in [3.63, 3.8) is 0 Å². The number of amides is 1. The van der Waals surface area contributed by atoms with Crippen LogP contribution >= 0.6 is 0 Å². The third-order valence-electron chi connectivity index (χ3n) is 4.35. The van der Waals surface area contributed by atoms with Crippen LogP contribution in [0, 0.1) is 5.92 Å². The van der Waals surface area contributed by atoms with E-state index in [9.17, 15) is 9.90 Å². The van der Waals surface area contributed by atoms with Gasteiger partial charge in [0.25, 0.3) is 5.91 Å². The quantitative estimate of drug-likeness (QED) is 0.847. The highest BCUT2D eigenvalue weighted by molar-refractivity contribution is 5.95. The molecule has 2 N–H and O–H groups in total. The van der Waals surface area contributed by atoms with Crippen LogP contribution in [0.5, 0.6) is 0 Å². The number of anilines is 1. The fraction of sp³-hybridized carbons (Fsp3) is 0.533. The molecule has 3 rings (SSSR count). The molecule has 0 bridgehead atoms. The van der Waals surface area contributed by atoms with Crippen molar-refractivity contribution in [3.05, 3.63) is 29.3 Å². The van der Waals surface area contributed by atoms with Crippen LogP contribution in [-0.4, -0.2) is 41.1 Å². The summed E-state index contributed by atoms with van der Waals surface area (Å²) in [4.78, 5) is 14.1. The highest BCUT2D eigenvalue weighted by Crippen LogP contribution is 2.31. The van der Waals surface area contributed by atoms with Gasteiger partial charge in [0, 0.05) is 17.8 Å². The van der Waals surface area contributed by atoms with E-state index in [0.717, 1.165) is 24.2 Å². The molecule has 0 spiro atoms. The van der Waals surface area contributed by atoms with E-state index >= 15 is 0 Å². The minimum atomic E-state index is -0.700. The lowest BCUT2D eigenvalue weighted by atomic mass is 9.82. The fourth-order valence-corrected chi connectivity index (χ4v) is 2.74. The second kappa shape index (κ2) is 4.23. The molecular weight excluding hydrogens is 240 g/mol. The topological polar surface area (TPSA) is 52.6 Å². The van der Waals surface area contributed by atoms with Gasteiger partial charge in [-0.05, 0) is 36.1 Å². The van der Waals surface area contributed by atoms with E-state index in [2.05, 4.69) is 5.32 Å². The Balaban J connectivity index is 1.72. The van der Waals surface area contributed by atoms with Crippen LogP contribution in [0.1, 0.15) is 29.8 Å². The van der Waals surface area contributed by atoms with Crippen LogP contribution < -0.4 is 5.32 Å². The number of benzene rings is 1. The Labute approximate surface area is 113 Å². The molecule has 2 aliphatic rings. The summed E-state index contributed by atoms with van der Waals surface area (Å²) in [5.41, 5.74) is 2.38. The molecule has 4 nitrogen and oxygen atoms in total. The predicted molar refractivity (Wildman–Crippen MR) is 74.3 cm³/mol. The summed E-state index contributed by atoms with van der Waals surface area (Å²) >= 11 is 0. The van der Waals surface area contributed by atoms with Gasteiger partial charge in [-0.15, -0.1) is 0 Å². The van der Waals surface area contributed by atoms with Gasteiger partial charge in [0.15, 0.2) is 0 Å². The zero-order valence-electron chi connectivity index (χ0n) is 11.4. The van der Waals surface area contributed by atoms with E-state index in [1.54, 1.807) is 4.90 Å². The van der Waals surface area contributed by atoms with Crippen molar-refractivity contribution < 1.29 is 9.90 Å². The third-order valence-corrected chi connectivity index (χ3v) is 4.35. The molecule has 2 aliphatic heterocycles. The molecule has 1 aromatic carbocycles. The number of carbonyl (C=O) groups excluding carboxylic acids is 1. The first-order chi connectivity index (χ1) is 8.99. The SMILES string of the molecule is CC(C)C1(O)CN(C(=O)c2ccc3c(c2)CCN3)C1. The average molecular weight is 260 g/mol. The Kier molecular flexibility index (Phi) is 2.78. The molecule has 0 radical (unpaired) electrons. The summed E-state index contributed by atoms with van der Waals surface area (Å²) in [7, 11) is 0. The van der Waals surface area contributed by atoms with Crippen LogP contribution in [0.25, 0.3) is 0 Å². The number of β-amino-alcohol motifs (C(OH)–C–C–N with tert-alkyl or cyclic N) is 1. The van der Waals surface area contributed by atoms with Gasteiger partial charge in [0.2, 0.25) is 0 Å². The molecule has 19 heavy (non-hydrogen) atoms. The Bertz CT molecular complexity index is 519. The van der Waals surface area contributed by atoms with Crippen LogP contribution in [0.3, 0.4) is 0 Å². The summed E-state index contributed by atoms with van der Waals surface area (Å²) in [6.45, 7) is 5.81. The minimum Gasteiger partial charge on any atom is -0.386 e. The van der Waals surface area contributed by atoms with Crippen molar-refractivity contribution >= 4 is 11.6 Å². The average Bonchev–Trinajstić information content (AvgIpc) is 2.80. The van der Waals surface area contributed by atoms with E-state index in [0.29, 0.717) is 13.1 Å². The first kappa shape index (κ1) is 12.5. The number of nitrogens with one attached hydrogen (secondary N) is 1. The van der Waals surface area contributed by atoms with Gasteiger partial charge in [-0.1, -0.05) is 13.8 Å². The fourth-order valence-electron chi connectivity index (χ4n) is 2.74. The molecule has 2 heterocycles. The lowest BCUT2D eigenvalue weighted by Gasteiger charge is -2.49. The van der Waals surface area contributed by atoms with E-state index in [1.807, 2.05) is 32.0 Å². The normalized spacial score (nSPS) is 19.9. The summed E-state index contributed by atoms with van der Waals surface area (Å²) < 4.78 is 0. The number of likely N-dealkylation sites (tertiary alicyclic amines) is 1. The van der Waals surface area contributed by atoms with Gasteiger partial charge in [0.05, 0.1) is 13.1 Å². The molecule has 4 heteroatoms. The molecule has 1 aromatic rings. The molecule has 1 saturated heterocycles. The summed E-state index contributed by atoms with van der Waals surface area (Å²) in [6.07, 6.45) is 0.979. The standard InChI is InChI=1S/C15H20N2O2/c1-10(2)15(19)8-17(9-15)14(18)12-3-4-13-11(7-12)5-6-16-13/h3-4,7,10,16,19H,5-6,8-9H2,1-2H3. The minimum absolute atomic E-state index is 0.0278. The molecular formula is C15H20N2O2. The van der Waals surface area contributed by atoms with Gasteiger partial charge in [0.1, 0.15) is 5.60 Å². The van der Waals surface area contributed by atoms with Crippen molar-refractivity contribution in [1.82, 2.24) is 4.90 Å². The number of rotatable bonds is 2. The smallest absolute Gasteiger partial charge is 0.254 e. The van der Waals surface area contributed by atoms with E-state index in [1.165, 1.54) is 5.56 Å². The molecule has 1 fully saturated rings. The maximum atomic E-state index is 12.3. The molecule has 0 unspecified atom stereocenters. The number of hydrogen-bond acceptors (Lipinski definition) is 3. The zero-order valence-corrected chi connectivity index (χ0v) is 11.4. The molecule has 0 saturated carbocycles. The first-order valence-electron chi connectivity index (χ1n) is 6.88. The molecule has 0 aliphatic carbocycles. The van der Waals surface area contributed by atoms with E-state index < -0.39 is 5.60 Å². The number of aliphatic hydroxyl groups is 1. The molecule has 0 aromatic heterocycles. The van der Waals surface area contributed by atoms with Crippen molar-refractivity contribution in [1.29, 1.82) is 0 Å². The lowest BCUT2D eigenvalue weighted by Crippen LogP contribution is -2.65. The zero-order chi connectivity index (χ0) is 13.6. The lowest BCUT2D eigenvalue weighted by molar-refractivity contribution is -0.110. The number of hydrogen-bond donors (Lipinski definition) is 2. The molecule has 102 valence electrons. The first-order valence-corrected chi connectivity index (χ1v) is 6.88. The van der Waals surface area contributed by atoms with Crippen molar-refractivity contribution in [3.8, 4) is 0 Å². The van der Waals surface area contributed by atoms with Gasteiger partial charge in [-0.25, -0.2) is 0 Å². The Morgan fingerprint density at radius 2 is 2.16 bits per heavy atom. The maximum Gasteiger partial charge on any atom is 0.254 e. The Morgan fingerprint density at radius 3 is 2.84 bits per heavy atom. The molecule has 0 atom stereocenters. The Hall–Kier alpha value is -1.55. The maximum absolute atomic E-state index is 12.3. The van der Waals surface area contributed by atoms with Crippen LogP contribution in [0.15, 0.2) is 18.2 Å². The van der Waals surface area contributed by atoms with E-state index in [4.69, 9.17) is 0 Å². The van der Waals surface area contributed by atoms with Crippen LogP contribution in [0.4, 0.5) is 5.69 Å². The van der Waals surface area contributed by atoms with Crippen molar-refractivity contribution in [2.75, 3.05) is 25.0 Å². The van der Waals surface area contributed by atoms with E-state index in [-0.39, 0.29) is 11.8 Å². The van der Waals surface area contributed by atoms with Gasteiger partial charge in [-0.2, -0.15) is 0 Å². The van der Waals surface area contributed by atoms with Crippen LogP contribution in [0.2, 0.25) is 0 Å². The van der Waals surface area contributed by atoms with Crippen molar-refractivity contribution in [2.24, 2.45) is 5.92 Å². The van der Waals surface area contributed by atoms with Gasteiger partial charge < -0.3 is 15.3 Å². The summed E-state index contributed by atoms with van der Waals surface area (Å²) in [5.74, 6) is 0.209. The largest absolute Gasteiger partial charge is 0.386 e. The molecule has 1 amide bonds.